The number of rotatable bonds is 43. The van der Waals surface area contributed by atoms with Gasteiger partial charge in [-0.25, -0.2) is 4.79 Å². The fraction of sp³-hybridized carbons (Fsp3) is 0.712. The van der Waals surface area contributed by atoms with E-state index < -0.39 is 24.3 Å². The van der Waals surface area contributed by atoms with E-state index in [1.165, 1.54) is 103 Å². The average molecular weight is 857 g/mol. The molecule has 0 radical (unpaired) electrons. The first-order chi connectivity index (χ1) is 29.6. The maximum atomic E-state index is 12.7. The molecule has 0 spiro atoms. The molecule has 350 valence electrons. The molecule has 0 rings (SSSR count). The van der Waals surface area contributed by atoms with Crippen LogP contribution in [0.2, 0.25) is 0 Å². The van der Waals surface area contributed by atoms with E-state index in [1.807, 2.05) is 33.3 Å². The third-order valence-corrected chi connectivity index (χ3v) is 9.98. The highest BCUT2D eigenvalue weighted by molar-refractivity contribution is 5.72. The summed E-state index contributed by atoms with van der Waals surface area (Å²) in [6.07, 6.45) is 51.4. The van der Waals surface area contributed by atoms with Gasteiger partial charge in [0.05, 0.1) is 40.8 Å². The van der Waals surface area contributed by atoms with Crippen LogP contribution in [-0.2, 0) is 33.3 Å². The lowest BCUT2D eigenvalue weighted by Crippen LogP contribution is -2.40. The molecule has 0 heterocycles. The van der Waals surface area contributed by atoms with Gasteiger partial charge in [-0.05, 0) is 64.2 Å². The summed E-state index contributed by atoms with van der Waals surface area (Å²) in [5.74, 6) is -2.18. The van der Waals surface area contributed by atoms with Crippen molar-refractivity contribution in [3.8, 4) is 0 Å². The number of nitrogens with zero attached hydrogens (tertiary/aromatic N) is 1. The van der Waals surface area contributed by atoms with Crippen LogP contribution in [0.15, 0.2) is 72.9 Å². The van der Waals surface area contributed by atoms with Crippen LogP contribution in [0.4, 0.5) is 0 Å². The monoisotopic (exact) mass is 857 g/mol. The Labute approximate surface area is 373 Å². The number of esters is 2. The van der Waals surface area contributed by atoms with E-state index in [2.05, 4.69) is 68.5 Å². The standard InChI is InChI=1S/C52H89NO8/c1-6-8-10-12-14-16-18-20-22-23-24-25-26-27-29-30-32-34-36-38-40-42-49(54)59-46-48(47-60-52(51(56)57)58-45-44-53(3,4)5)61-50(55)43-41-39-37-35-33-31-28-21-19-17-15-13-11-9-7-2/h9,11,15,17,21,23-24,28,33,35,39,41,48,52H,6-8,10,12-14,16,18-20,22,25-27,29-32,34,36-38,40,42-47H2,1-5H3/p+1/b11-9-,17-15-,24-23-,28-21-,35-33-,41-39-. The van der Waals surface area contributed by atoms with E-state index in [0.717, 1.165) is 44.9 Å². The van der Waals surface area contributed by atoms with Gasteiger partial charge in [0.25, 0.3) is 6.29 Å². The molecule has 0 saturated heterocycles. The van der Waals surface area contributed by atoms with Crippen molar-refractivity contribution in [1.82, 2.24) is 0 Å². The van der Waals surface area contributed by atoms with Crippen molar-refractivity contribution in [2.75, 3.05) is 47.5 Å². The summed E-state index contributed by atoms with van der Waals surface area (Å²) in [5, 5.41) is 9.64. The minimum atomic E-state index is -1.54. The topological polar surface area (TPSA) is 108 Å². The summed E-state index contributed by atoms with van der Waals surface area (Å²) in [7, 11) is 5.92. The van der Waals surface area contributed by atoms with Gasteiger partial charge in [-0.3, -0.25) is 9.59 Å². The zero-order valence-electron chi connectivity index (χ0n) is 39.5. The van der Waals surface area contributed by atoms with Crippen LogP contribution in [0.25, 0.3) is 0 Å². The summed E-state index contributed by atoms with van der Waals surface area (Å²) < 4.78 is 22.6. The Kier molecular flexibility index (Phi) is 41.1. The van der Waals surface area contributed by atoms with Crippen molar-refractivity contribution >= 4 is 17.9 Å². The van der Waals surface area contributed by atoms with Crippen molar-refractivity contribution in [3.05, 3.63) is 72.9 Å². The first kappa shape index (κ1) is 57.7. The van der Waals surface area contributed by atoms with Crippen molar-refractivity contribution in [2.45, 2.75) is 193 Å². The molecule has 2 unspecified atom stereocenters. The predicted octanol–water partition coefficient (Wildman–Crippen LogP) is 13.1. The van der Waals surface area contributed by atoms with E-state index in [4.69, 9.17) is 18.9 Å². The quantitative estimate of drug-likeness (QED) is 0.0212. The number of carboxylic acids is 1. The molecule has 0 amide bonds. The lowest BCUT2D eigenvalue weighted by atomic mass is 10.1. The first-order valence-electron chi connectivity index (χ1n) is 24.1. The third kappa shape index (κ3) is 44.6. The fourth-order valence-electron chi connectivity index (χ4n) is 6.26. The van der Waals surface area contributed by atoms with Gasteiger partial charge in [0.15, 0.2) is 6.10 Å². The molecule has 0 aliphatic heterocycles. The van der Waals surface area contributed by atoms with Crippen LogP contribution in [0.3, 0.4) is 0 Å². The molecule has 61 heavy (non-hydrogen) atoms. The molecule has 0 aliphatic carbocycles. The van der Waals surface area contributed by atoms with Gasteiger partial charge in [-0.1, -0.05) is 177 Å². The number of likely N-dealkylation sites (N-methyl/N-ethyl adjacent to an activating group) is 1. The van der Waals surface area contributed by atoms with E-state index in [9.17, 15) is 19.5 Å². The SMILES string of the molecule is CC/C=C\C/C=C\C/C=C\C/C=C\C/C=C\CC(=O)OC(COC(=O)CCCCCCCCCCC/C=C\CCCCCCCCCC)COC(OCC[N+](C)(C)C)C(=O)O. The Morgan fingerprint density at radius 2 is 0.984 bits per heavy atom. The minimum absolute atomic E-state index is 0.0249. The number of hydrogen-bond donors (Lipinski definition) is 1. The lowest BCUT2D eigenvalue weighted by molar-refractivity contribution is -0.870. The number of aliphatic carboxylic acids is 1. The number of carbonyl (C=O) groups is 3. The number of ether oxygens (including phenoxy) is 4. The molecule has 9 nitrogen and oxygen atoms in total. The van der Waals surface area contributed by atoms with E-state index in [-0.39, 0.29) is 38.6 Å². The van der Waals surface area contributed by atoms with Crippen LogP contribution < -0.4 is 0 Å². The Morgan fingerprint density at radius 1 is 0.525 bits per heavy atom. The van der Waals surface area contributed by atoms with Crippen LogP contribution >= 0.6 is 0 Å². The van der Waals surface area contributed by atoms with Gasteiger partial charge in [0.2, 0.25) is 0 Å². The Morgan fingerprint density at radius 3 is 1.46 bits per heavy atom. The molecule has 0 aromatic rings. The van der Waals surface area contributed by atoms with Crippen molar-refractivity contribution in [1.29, 1.82) is 0 Å². The van der Waals surface area contributed by atoms with E-state index >= 15 is 0 Å². The minimum Gasteiger partial charge on any atom is -0.477 e. The largest absolute Gasteiger partial charge is 0.477 e. The van der Waals surface area contributed by atoms with Crippen LogP contribution in [-0.4, -0.2) is 87.4 Å². The van der Waals surface area contributed by atoms with E-state index in [0.29, 0.717) is 17.4 Å². The molecule has 0 bridgehead atoms. The molecular formula is C52H90NO8+. The van der Waals surface area contributed by atoms with Gasteiger partial charge in [0.1, 0.15) is 13.2 Å². The lowest BCUT2D eigenvalue weighted by Gasteiger charge is -2.25. The number of allylic oxidation sites excluding steroid dienone is 11. The number of carboxylic acid groups (broad SMARTS) is 1. The van der Waals surface area contributed by atoms with Crippen molar-refractivity contribution in [3.63, 3.8) is 0 Å². The second-order valence-electron chi connectivity index (χ2n) is 17.1. The predicted molar refractivity (Wildman–Crippen MR) is 253 cm³/mol. The summed E-state index contributed by atoms with van der Waals surface area (Å²) in [6, 6.07) is 0. The average Bonchev–Trinajstić information content (AvgIpc) is 3.22. The molecule has 0 saturated carbocycles. The van der Waals surface area contributed by atoms with Gasteiger partial charge >= 0.3 is 17.9 Å². The van der Waals surface area contributed by atoms with Crippen LogP contribution in [0.5, 0.6) is 0 Å². The Balaban J connectivity index is 4.46. The number of hydrogen-bond acceptors (Lipinski definition) is 7. The highest BCUT2D eigenvalue weighted by Crippen LogP contribution is 2.14. The highest BCUT2D eigenvalue weighted by Gasteiger charge is 2.25. The second-order valence-corrected chi connectivity index (χ2v) is 17.1. The van der Waals surface area contributed by atoms with Gasteiger partial charge in [0, 0.05) is 6.42 Å². The maximum Gasteiger partial charge on any atom is 0.361 e. The molecule has 9 heteroatoms. The first-order valence-corrected chi connectivity index (χ1v) is 24.1. The van der Waals surface area contributed by atoms with Gasteiger partial charge in [-0.2, -0.15) is 0 Å². The summed E-state index contributed by atoms with van der Waals surface area (Å²) in [4.78, 5) is 37.1. The third-order valence-electron chi connectivity index (χ3n) is 9.98. The zero-order chi connectivity index (χ0) is 44.9. The summed E-state index contributed by atoms with van der Waals surface area (Å²) >= 11 is 0. The number of unbranched alkanes of at least 4 members (excludes halogenated alkanes) is 17. The highest BCUT2D eigenvalue weighted by atomic mass is 16.7. The van der Waals surface area contributed by atoms with Crippen LogP contribution in [0, 0.1) is 0 Å². The van der Waals surface area contributed by atoms with Gasteiger partial charge in [-0.15, -0.1) is 0 Å². The molecular weight excluding hydrogens is 767 g/mol. The molecule has 0 aliphatic rings. The smallest absolute Gasteiger partial charge is 0.361 e. The molecule has 2 atom stereocenters. The summed E-state index contributed by atoms with van der Waals surface area (Å²) in [6.45, 7) is 4.63. The molecule has 1 N–H and O–H groups in total. The number of quaternary nitrogens is 1. The van der Waals surface area contributed by atoms with E-state index in [1.54, 1.807) is 6.08 Å². The Bertz CT molecular complexity index is 1230. The Hall–Kier alpha value is -3.27. The summed E-state index contributed by atoms with van der Waals surface area (Å²) in [5.41, 5.74) is 0. The van der Waals surface area contributed by atoms with Crippen molar-refractivity contribution < 1.29 is 42.9 Å². The normalized spacial score (nSPS) is 13.5. The molecule has 0 aromatic carbocycles. The van der Waals surface area contributed by atoms with Crippen LogP contribution in [0.1, 0.15) is 181 Å². The zero-order valence-corrected chi connectivity index (χ0v) is 39.5. The second kappa shape index (κ2) is 43.4. The van der Waals surface area contributed by atoms with Crippen molar-refractivity contribution in [2.24, 2.45) is 0 Å². The fourth-order valence-corrected chi connectivity index (χ4v) is 6.26. The maximum absolute atomic E-state index is 12.7. The molecule has 0 aromatic heterocycles. The number of carbonyl (C=O) groups excluding carboxylic acids is 2. The molecule has 0 fully saturated rings. The van der Waals surface area contributed by atoms with Gasteiger partial charge < -0.3 is 28.5 Å².